The Balaban J connectivity index is 1.94. The van der Waals surface area contributed by atoms with Crippen molar-refractivity contribution in [2.45, 2.75) is 39.2 Å². The first-order valence-electron chi connectivity index (χ1n) is 7.85. The van der Waals surface area contributed by atoms with E-state index in [-0.39, 0.29) is 5.91 Å². The molecule has 0 spiro atoms. The quantitative estimate of drug-likeness (QED) is 0.875. The fraction of sp³-hybridized carbons (Fsp3) is 0.625. The van der Waals surface area contributed by atoms with Crippen molar-refractivity contribution >= 4 is 11.7 Å². The number of anilines is 1. The average Bonchev–Trinajstić information content (AvgIpc) is 2.53. The first kappa shape index (κ1) is 15.8. The highest BCUT2D eigenvalue weighted by Gasteiger charge is 2.23. The maximum atomic E-state index is 12.5. The van der Waals surface area contributed by atoms with Crippen LogP contribution in [-0.4, -0.2) is 48.1 Å². The summed E-state index contributed by atoms with van der Waals surface area (Å²) in [5, 5.41) is 3.21. The van der Waals surface area contributed by atoms with E-state index in [0.29, 0.717) is 11.7 Å². The Morgan fingerprint density at radius 3 is 2.86 bits per heavy atom. The number of hydrogen-bond donors (Lipinski definition) is 1. The van der Waals surface area contributed by atoms with E-state index in [2.05, 4.69) is 17.2 Å². The summed E-state index contributed by atoms with van der Waals surface area (Å²) in [6.07, 6.45) is 4.87. The van der Waals surface area contributed by atoms with E-state index in [9.17, 15) is 4.79 Å². The van der Waals surface area contributed by atoms with Gasteiger partial charge in [0.1, 0.15) is 5.82 Å². The predicted molar refractivity (Wildman–Crippen MR) is 83.6 cm³/mol. The second kappa shape index (κ2) is 7.98. The summed E-state index contributed by atoms with van der Waals surface area (Å²) < 4.78 is 5.62. The number of hydrogen-bond acceptors (Lipinski definition) is 4. The number of aromatic nitrogens is 1. The zero-order valence-corrected chi connectivity index (χ0v) is 13.0. The molecule has 1 N–H and O–H groups in total. The van der Waals surface area contributed by atoms with Crippen molar-refractivity contribution in [1.29, 1.82) is 0 Å². The lowest BCUT2D eigenvalue weighted by Crippen LogP contribution is -2.40. The molecule has 1 amide bonds. The average molecular weight is 291 g/mol. The van der Waals surface area contributed by atoms with Gasteiger partial charge in [-0.15, -0.1) is 0 Å². The van der Waals surface area contributed by atoms with Gasteiger partial charge in [-0.1, -0.05) is 6.92 Å². The third kappa shape index (κ3) is 4.43. The molecule has 21 heavy (non-hydrogen) atoms. The number of carbonyl (C=O) groups excluding carboxylic acids is 1. The Bertz CT molecular complexity index is 457. The largest absolute Gasteiger partial charge is 0.378 e. The molecule has 1 saturated heterocycles. The van der Waals surface area contributed by atoms with Crippen molar-refractivity contribution in [1.82, 2.24) is 9.88 Å². The van der Waals surface area contributed by atoms with E-state index in [1.54, 1.807) is 12.3 Å². The number of nitrogens with one attached hydrogen (secondary N) is 1. The number of pyridine rings is 1. The van der Waals surface area contributed by atoms with E-state index in [0.717, 1.165) is 51.3 Å². The summed E-state index contributed by atoms with van der Waals surface area (Å²) in [6.45, 7) is 7.26. The minimum atomic E-state index is 0.0897. The molecule has 1 aromatic heterocycles. The molecule has 2 heterocycles. The second-order valence-electron chi connectivity index (χ2n) is 5.30. The van der Waals surface area contributed by atoms with Gasteiger partial charge in [-0.05, 0) is 38.3 Å². The summed E-state index contributed by atoms with van der Waals surface area (Å²) in [6, 6.07) is 3.63. The van der Waals surface area contributed by atoms with Gasteiger partial charge < -0.3 is 15.0 Å². The summed E-state index contributed by atoms with van der Waals surface area (Å²) in [5.41, 5.74) is 0.707. The number of ether oxygens (including phenoxy) is 1. The SMILES string of the molecule is CCCNc1cc(C(=O)N2CCC(OCC)CC2)ccn1. The molecule has 0 aliphatic carbocycles. The molecule has 1 aliphatic heterocycles. The van der Waals surface area contributed by atoms with Crippen LogP contribution in [0.2, 0.25) is 0 Å². The molecule has 5 nitrogen and oxygen atoms in total. The Hall–Kier alpha value is -1.62. The van der Waals surface area contributed by atoms with Crippen LogP contribution >= 0.6 is 0 Å². The molecule has 1 aromatic rings. The van der Waals surface area contributed by atoms with Gasteiger partial charge >= 0.3 is 0 Å². The van der Waals surface area contributed by atoms with Crippen molar-refractivity contribution in [2.24, 2.45) is 0 Å². The maximum absolute atomic E-state index is 12.5. The number of amides is 1. The highest BCUT2D eigenvalue weighted by atomic mass is 16.5. The Morgan fingerprint density at radius 1 is 1.43 bits per heavy atom. The fourth-order valence-corrected chi connectivity index (χ4v) is 2.56. The number of nitrogens with zero attached hydrogens (tertiary/aromatic N) is 2. The van der Waals surface area contributed by atoms with Crippen LogP contribution in [0.4, 0.5) is 5.82 Å². The smallest absolute Gasteiger partial charge is 0.254 e. The Labute approximate surface area is 126 Å². The van der Waals surface area contributed by atoms with Crippen LogP contribution in [0.25, 0.3) is 0 Å². The maximum Gasteiger partial charge on any atom is 0.254 e. The van der Waals surface area contributed by atoms with Crippen LogP contribution in [0.5, 0.6) is 0 Å². The third-order valence-corrected chi connectivity index (χ3v) is 3.69. The molecule has 2 rings (SSSR count). The molecular weight excluding hydrogens is 266 g/mol. The van der Waals surface area contributed by atoms with E-state index in [1.807, 2.05) is 17.9 Å². The molecule has 0 saturated carbocycles. The van der Waals surface area contributed by atoms with Crippen LogP contribution in [-0.2, 0) is 4.74 Å². The molecule has 5 heteroatoms. The molecule has 0 atom stereocenters. The molecule has 0 radical (unpaired) electrons. The van der Waals surface area contributed by atoms with Crippen molar-refractivity contribution in [3.8, 4) is 0 Å². The van der Waals surface area contributed by atoms with E-state index < -0.39 is 0 Å². The normalized spacial score (nSPS) is 16.0. The number of carbonyl (C=O) groups is 1. The number of likely N-dealkylation sites (tertiary alicyclic amines) is 1. The van der Waals surface area contributed by atoms with E-state index >= 15 is 0 Å². The minimum absolute atomic E-state index is 0.0897. The molecular formula is C16H25N3O2. The van der Waals surface area contributed by atoms with Crippen molar-refractivity contribution in [2.75, 3.05) is 31.6 Å². The number of piperidine rings is 1. The minimum Gasteiger partial charge on any atom is -0.378 e. The van der Waals surface area contributed by atoms with Crippen molar-refractivity contribution in [3.63, 3.8) is 0 Å². The lowest BCUT2D eigenvalue weighted by molar-refractivity contribution is 0.0146. The molecule has 116 valence electrons. The van der Waals surface area contributed by atoms with Gasteiger partial charge in [-0.2, -0.15) is 0 Å². The van der Waals surface area contributed by atoms with Gasteiger partial charge in [0.25, 0.3) is 5.91 Å². The summed E-state index contributed by atoms with van der Waals surface area (Å²) in [7, 11) is 0. The van der Waals surface area contributed by atoms with Crippen LogP contribution in [0.3, 0.4) is 0 Å². The van der Waals surface area contributed by atoms with Crippen LogP contribution in [0.1, 0.15) is 43.5 Å². The molecule has 0 aromatic carbocycles. The van der Waals surface area contributed by atoms with Crippen LogP contribution in [0, 0.1) is 0 Å². The fourth-order valence-electron chi connectivity index (χ4n) is 2.56. The first-order chi connectivity index (χ1) is 10.2. The monoisotopic (exact) mass is 291 g/mol. The summed E-state index contributed by atoms with van der Waals surface area (Å²) in [4.78, 5) is 18.7. The summed E-state index contributed by atoms with van der Waals surface area (Å²) >= 11 is 0. The lowest BCUT2D eigenvalue weighted by Gasteiger charge is -2.31. The Kier molecular flexibility index (Phi) is 5.99. The van der Waals surface area contributed by atoms with Gasteiger partial charge in [-0.25, -0.2) is 4.98 Å². The zero-order chi connectivity index (χ0) is 15.1. The zero-order valence-electron chi connectivity index (χ0n) is 13.0. The van der Waals surface area contributed by atoms with E-state index in [4.69, 9.17) is 4.74 Å². The molecule has 1 aliphatic rings. The van der Waals surface area contributed by atoms with Gasteiger partial charge in [0.15, 0.2) is 0 Å². The van der Waals surface area contributed by atoms with Crippen LogP contribution in [0.15, 0.2) is 18.3 Å². The van der Waals surface area contributed by atoms with Gasteiger partial charge in [-0.3, -0.25) is 4.79 Å². The third-order valence-electron chi connectivity index (χ3n) is 3.69. The molecule has 1 fully saturated rings. The predicted octanol–water partition coefficient (Wildman–Crippen LogP) is 2.54. The highest BCUT2D eigenvalue weighted by Crippen LogP contribution is 2.17. The van der Waals surface area contributed by atoms with E-state index in [1.165, 1.54) is 0 Å². The van der Waals surface area contributed by atoms with Gasteiger partial charge in [0.05, 0.1) is 6.10 Å². The summed E-state index contributed by atoms with van der Waals surface area (Å²) in [5.74, 6) is 0.860. The standard InChI is InChI=1S/C16H25N3O2/c1-3-8-17-15-12-13(5-9-18-15)16(20)19-10-6-14(7-11-19)21-4-2/h5,9,12,14H,3-4,6-8,10-11H2,1-2H3,(H,17,18). The van der Waals surface area contributed by atoms with Gasteiger partial charge in [0, 0.05) is 38.0 Å². The number of rotatable bonds is 6. The van der Waals surface area contributed by atoms with Crippen LogP contribution < -0.4 is 5.32 Å². The Morgan fingerprint density at radius 2 is 2.19 bits per heavy atom. The van der Waals surface area contributed by atoms with Gasteiger partial charge in [0.2, 0.25) is 0 Å². The topological polar surface area (TPSA) is 54.5 Å². The lowest BCUT2D eigenvalue weighted by atomic mass is 10.1. The second-order valence-corrected chi connectivity index (χ2v) is 5.30. The first-order valence-corrected chi connectivity index (χ1v) is 7.85. The molecule has 0 bridgehead atoms. The van der Waals surface area contributed by atoms with Crippen molar-refractivity contribution in [3.05, 3.63) is 23.9 Å². The molecule has 0 unspecified atom stereocenters. The highest BCUT2D eigenvalue weighted by molar-refractivity contribution is 5.94. The van der Waals surface area contributed by atoms with Crippen molar-refractivity contribution < 1.29 is 9.53 Å².